The van der Waals surface area contributed by atoms with Crippen LogP contribution in [0.1, 0.15) is 66.5 Å². The van der Waals surface area contributed by atoms with Crippen molar-refractivity contribution in [3.63, 3.8) is 0 Å². The van der Waals surface area contributed by atoms with E-state index in [2.05, 4.69) is 70.9 Å². The molecule has 1 saturated carbocycles. The molecule has 1 atom stereocenters. The molecule has 31 heavy (non-hydrogen) atoms. The predicted molar refractivity (Wildman–Crippen MR) is 124 cm³/mol. The highest BCUT2D eigenvalue weighted by molar-refractivity contribution is 7.09. The lowest BCUT2D eigenvalue weighted by atomic mass is 9.95. The van der Waals surface area contributed by atoms with Crippen LogP contribution in [0.25, 0.3) is 0 Å². The number of hydrogen-bond acceptors (Lipinski definition) is 5. The van der Waals surface area contributed by atoms with Crippen molar-refractivity contribution in [2.24, 2.45) is 0 Å². The summed E-state index contributed by atoms with van der Waals surface area (Å²) in [6, 6.07) is 17.2. The first-order valence-corrected chi connectivity index (χ1v) is 12.3. The molecule has 4 nitrogen and oxygen atoms in total. The van der Waals surface area contributed by atoms with Gasteiger partial charge in [0, 0.05) is 17.1 Å². The van der Waals surface area contributed by atoms with E-state index in [4.69, 9.17) is 9.57 Å². The number of fused-ring (bicyclic) bond motifs is 1. The van der Waals surface area contributed by atoms with Crippen molar-refractivity contribution >= 4 is 11.3 Å². The quantitative estimate of drug-likeness (QED) is 0.407. The molecule has 1 aromatic heterocycles. The molecule has 2 aromatic carbocycles. The average molecular weight is 435 g/mol. The Morgan fingerprint density at radius 3 is 2.68 bits per heavy atom. The molecule has 0 bridgehead atoms. The summed E-state index contributed by atoms with van der Waals surface area (Å²) < 4.78 is 6.32. The number of rotatable bonds is 6. The monoisotopic (exact) mass is 434 g/mol. The molecular formula is C26H30N2O2S. The number of benzene rings is 2. The molecular weight excluding hydrogens is 404 g/mol. The predicted octanol–water partition coefficient (Wildman–Crippen LogP) is 6.65. The fourth-order valence-electron chi connectivity index (χ4n) is 4.67. The van der Waals surface area contributed by atoms with E-state index in [0.29, 0.717) is 6.04 Å². The molecule has 0 saturated heterocycles. The lowest BCUT2D eigenvalue weighted by Crippen LogP contribution is -2.39. The van der Waals surface area contributed by atoms with Gasteiger partial charge in [0.2, 0.25) is 0 Å². The van der Waals surface area contributed by atoms with Crippen molar-refractivity contribution in [2.75, 3.05) is 0 Å². The minimum Gasteiger partial charge on any atom is -0.485 e. The molecule has 1 fully saturated rings. The topological polar surface area (TPSA) is 34.6 Å². The Morgan fingerprint density at radius 1 is 1.06 bits per heavy atom. The molecule has 162 valence electrons. The van der Waals surface area contributed by atoms with Gasteiger partial charge in [-0.1, -0.05) is 49.6 Å². The van der Waals surface area contributed by atoms with Crippen LogP contribution in [0.3, 0.4) is 0 Å². The molecule has 0 amide bonds. The summed E-state index contributed by atoms with van der Waals surface area (Å²) in [6.07, 6.45) is 8.40. The van der Waals surface area contributed by atoms with Crippen LogP contribution in [0.15, 0.2) is 53.9 Å². The molecule has 2 aliphatic rings. The minimum absolute atomic E-state index is 0.132. The number of ether oxygens (including phenoxy) is 1. The van der Waals surface area contributed by atoms with Gasteiger partial charge < -0.3 is 9.57 Å². The molecule has 2 heterocycles. The summed E-state index contributed by atoms with van der Waals surface area (Å²) in [5.41, 5.74) is 3.57. The van der Waals surface area contributed by atoms with Crippen molar-refractivity contribution in [3.8, 4) is 11.5 Å². The van der Waals surface area contributed by atoms with Gasteiger partial charge in [-0.3, -0.25) is 0 Å². The second-order valence-corrected chi connectivity index (χ2v) is 9.61. The summed E-state index contributed by atoms with van der Waals surface area (Å²) in [7, 11) is 0. The van der Waals surface area contributed by atoms with Crippen LogP contribution in [-0.4, -0.2) is 16.1 Å². The zero-order valence-corrected chi connectivity index (χ0v) is 18.9. The fourth-order valence-corrected chi connectivity index (χ4v) is 5.43. The molecule has 5 rings (SSSR count). The Morgan fingerprint density at radius 2 is 1.90 bits per heavy atom. The summed E-state index contributed by atoms with van der Waals surface area (Å²) in [5, 5.41) is 5.42. The van der Waals surface area contributed by atoms with Gasteiger partial charge >= 0.3 is 0 Å². The van der Waals surface area contributed by atoms with Crippen LogP contribution in [0.2, 0.25) is 0 Å². The van der Waals surface area contributed by atoms with Gasteiger partial charge in [0.05, 0.1) is 6.54 Å². The number of hydrogen-bond donors (Lipinski definition) is 0. The number of thiazole rings is 1. The Hall–Kier alpha value is -2.37. The molecule has 1 unspecified atom stereocenters. The first kappa shape index (κ1) is 20.5. The van der Waals surface area contributed by atoms with Crippen LogP contribution in [0.5, 0.6) is 11.5 Å². The largest absolute Gasteiger partial charge is 0.485 e. The van der Waals surface area contributed by atoms with E-state index < -0.39 is 0 Å². The van der Waals surface area contributed by atoms with Gasteiger partial charge in [-0.15, -0.1) is 16.4 Å². The first-order chi connectivity index (χ1) is 15.2. The summed E-state index contributed by atoms with van der Waals surface area (Å²) in [4.78, 5) is 11.2. The average Bonchev–Trinajstić information content (AvgIpc) is 3.24. The molecule has 0 radical (unpaired) electrons. The maximum atomic E-state index is 6.49. The standard InChI is InChI=1S/C26H30N2O2S/c1-19-18-31-26(27-19)17-28(22-10-6-3-7-11-22)30-23-13-15-25-21(16-23)12-14-24(29-25)20-8-4-2-5-9-20/h2,4-5,8-9,13,15-16,18,22,24H,3,6-7,10-12,14,17H2,1H3. The van der Waals surface area contributed by atoms with Crippen molar-refractivity contribution < 1.29 is 9.57 Å². The zero-order chi connectivity index (χ0) is 21.0. The SMILES string of the molecule is Cc1csc(CN(Oc2ccc3c(c2)CCC(c2ccccc2)O3)C2CCCCC2)n1. The van der Waals surface area contributed by atoms with Gasteiger partial charge in [0.1, 0.15) is 22.6 Å². The third-order valence-electron chi connectivity index (χ3n) is 6.31. The van der Waals surface area contributed by atoms with Gasteiger partial charge in [0.15, 0.2) is 0 Å². The van der Waals surface area contributed by atoms with Gasteiger partial charge in [-0.25, -0.2) is 4.98 Å². The van der Waals surface area contributed by atoms with Crippen LogP contribution >= 0.6 is 11.3 Å². The fraction of sp³-hybridized carbons (Fsp3) is 0.423. The normalized spacial score (nSPS) is 19.1. The summed E-state index contributed by atoms with van der Waals surface area (Å²) in [6.45, 7) is 2.80. The summed E-state index contributed by atoms with van der Waals surface area (Å²) >= 11 is 1.72. The van der Waals surface area contributed by atoms with Gasteiger partial charge in [-0.05, 0) is 61.9 Å². The van der Waals surface area contributed by atoms with Crippen LogP contribution in [0, 0.1) is 6.92 Å². The van der Waals surface area contributed by atoms with E-state index in [-0.39, 0.29) is 6.10 Å². The van der Waals surface area contributed by atoms with Crippen LogP contribution < -0.4 is 9.57 Å². The van der Waals surface area contributed by atoms with Crippen molar-refractivity contribution in [3.05, 3.63) is 75.7 Å². The Labute approximate surface area is 188 Å². The van der Waals surface area contributed by atoms with Crippen LogP contribution in [-0.2, 0) is 13.0 Å². The van der Waals surface area contributed by atoms with Crippen molar-refractivity contribution in [1.82, 2.24) is 10.0 Å². The maximum absolute atomic E-state index is 6.49. The number of aryl methyl sites for hydroxylation is 2. The van der Waals surface area contributed by atoms with E-state index in [9.17, 15) is 0 Å². The Balaban J connectivity index is 1.31. The molecule has 1 aliphatic heterocycles. The van der Waals surface area contributed by atoms with Gasteiger partial charge in [-0.2, -0.15) is 0 Å². The van der Waals surface area contributed by atoms with Crippen molar-refractivity contribution in [1.29, 1.82) is 0 Å². The number of hydroxylamine groups is 2. The van der Waals surface area contributed by atoms with E-state index >= 15 is 0 Å². The van der Waals surface area contributed by atoms with E-state index in [1.165, 1.54) is 43.2 Å². The van der Waals surface area contributed by atoms with Gasteiger partial charge in [0.25, 0.3) is 0 Å². The molecule has 0 spiro atoms. The lowest BCUT2D eigenvalue weighted by Gasteiger charge is -2.33. The Kier molecular flexibility index (Phi) is 6.23. The zero-order valence-electron chi connectivity index (χ0n) is 18.1. The van der Waals surface area contributed by atoms with E-state index in [0.717, 1.165) is 41.6 Å². The second-order valence-electron chi connectivity index (χ2n) is 8.67. The maximum Gasteiger partial charge on any atom is 0.148 e. The highest BCUT2D eigenvalue weighted by atomic mass is 32.1. The van der Waals surface area contributed by atoms with Crippen LogP contribution in [0.4, 0.5) is 0 Å². The third-order valence-corrected chi connectivity index (χ3v) is 7.26. The molecule has 5 heteroatoms. The lowest BCUT2D eigenvalue weighted by molar-refractivity contribution is -0.113. The number of aromatic nitrogens is 1. The Bertz CT molecular complexity index is 998. The van der Waals surface area contributed by atoms with Crippen molar-refractivity contribution in [2.45, 2.75) is 70.6 Å². The smallest absolute Gasteiger partial charge is 0.148 e. The molecule has 1 aliphatic carbocycles. The third kappa shape index (κ3) is 4.94. The van der Waals surface area contributed by atoms with E-state index in [1.807, 2.05) is 0 Å². The highest BCUT2D eigenvalue weighted by Crippen LogP contribution is 2.37. The number of nitrogens with zero attached hydrogens (tertiary/aromatic N) is 2. The molecule has 0 N–H and O–H groups in total. The summed E-state index contributed by atoms with van der Waals surface area (Å²) in [5.74, 6) is 1.88. The van der Waals surface area contributed by atoms with E-state index in [1.54, 1.807) is 11.3 Å². The second kappa shape index (κ2) is 9.41. The molecule has 3 aromatic rings. The first-order valence-electron chi connectivity index (χ1n) is 11.4. The minimum atomic E-state index is 0.132. The highest BCUT2D eigenvalue weighted by Gasteiger charge is 2.26.